The maximum absolute atomic E-state index is 11.6. The maximum atomic E-state index is 11.6. The minimum atomic E-state index is 0.0971. The first kappa shape index (κ1) is 13.8. The number of nitrogens with one attached hydrogen (secondary N) is 2. The highest BCUT2D eigenvalue weighted by Gasteiger charge is 2.15. The van der Waals surface area contributed by atoms with Crippen molar-refractivity contribution >= 4 is 17.7 Å². The van der Waals surface area contributed by atoms with Crippen LogP contribution in [0.25, 0.3) is 0 Å². The van der Waals surface area contributed by atoms with E-state index in [1.165, 1.54) is 0 Å². The second-order valence-corrected chi connectivity index (χ2v) is 5.10. The fourth-order valence-corrected chi connectivity index (χ4v) is 2.31. The average Bonchev–Trinajstić information content (AvgIpc) is 2.28. The smallest absolute Gasteiger partial charge is 0.234 e. The summed E-state index contributed by atoms with van der Waals surface area (Å²) in [7, 11) is 0. The normalized spacial score (nSPS) is 19.4. The molecule has 0 spiro atoms. The summed E-state index contributed by atoms with van der Waals surface area (Å²) in [6, 6.07) is 0.689. The van der Waals surface area contributed by atoms with E-state index < -0.39 is 0 Å². The number of rotatable bonds is 6. The first-order valence-electron chi connectivity index (χ1n) is 5.81. The van der Waals surface area contributed by atoms with Gasteiger partial charge in [-0.3, -0.25) is 4.79 Å². The predicted molar refractivity (Wildman–Crippen MR) is 67.8 cm³/mol. The summed E-state index contributed by atoms with van der Waals surface area (Å²) in [6.07, 6.45) is 3.94. The Morgan fingerprint density at radius 1 is 1.50 bits per heavy atom. The monoisotopic (exact) mass is 246 g/mol. The maximum Gasteiger partial charge on any atom is 0.234 e. The number of thioether (sulfide) groups is 1. The molecule has 0 aromatic carbocycles. The van der Waals surface area contributed by atoms with E-state index in [1.54, 1.807) is 11.8 Å². The molecule has 1 aliphatic heterocycles. The van der Waals surface area contributed by atoms with E-state index >= 15 is 0 Å². The number of carbonyl (C=O) groups is 1. The molecular weight excluding hydrogens is 224 g/mol. The van der Waals surface area contributed by atoms with E-state index in [0.717, 1.165) is 31.8 Å². The topological polar surface area (TPSA) is 50.4 Å². The quantitative estimate of drug-likeness (QED) is 0.721. The van der Waals surface area contributed by atoms with Crippen LogP contribution in [0, 0.1) is 0 Å². The van der Waals surface area contributed by atoms with E-state index in [4.69, 9.17) is 4.74 Å². The molecule has 1 atom stereocenters. The minimum absolute atomic E-state index is 0.0971. The molecule has 94 valence electrons. The molecule has 0 aromatic rings. The third kappa shape index (κ3) is 5.72. The Morgan fingerprint density at radius 2 is 2.19 bits per heavy atom. The Hall–Kier alpha value is -0.260. The lowest BCUT2D eigenvalue weighted by Crippen LogP contribution is -2.44. The summed E-state index contributed by atoms with van der Waals surface area (Å²) in [5.74, 6) is 1.13. The third-order valence-corrected chi connectivity index (χ3v) is 3.45. The van der Waals surface area contributed by atoms with Crippen LogP contribution in [0.1, 0.15) is 19.8 Å². The standard InChI is InChI=1S/C11H22N2O2S/c1-9(8-16-2)12-7-11(14)13-10-3-5-15-6-4-10/h9-10,12H,3-8H2,1-2H3,(H,13,14). The van der Waals surface area contributed by atoms with E-state index in [-0.39, 0.29) is 5.91 Å². The average molecular weight is 246 g/mol. The Bertz CT molecular complexity index is 208. The predicted octanol–water partition coefficient (Wildman–Crippen LogP) is 0.623. The number of carbonyl (C=O) groups excluding carboxylic acids is 1. The highest BCUT2D eigenvalue weighted by Crippen LogP contribution is 2.05. The molecule has 1 heterocycles. The first-order chi connectivity index (χ1) is 7.72. The van der Waals surface area contributed by atoms with Gasteiger partial charge < -0.3 is 15.4 Å². The molecule has 1 saturated heterocycles. The SMILES string of the molecule is CSCC(C)NCC(=O)NC1CCOCC1. The Labute approximate surface area is 102 Å². The molecule has 0 saturated carbocycles. The third-order valence-electron chi connectivity index (χ3n) is 2.61. The molecule has 0 aromatic heterocycles. The largest absolute Gasteiger partial charge is 0.381 e. The molecule has 0 aliphatic carbocycles. The van der Waals surface area contributed by atoms with Gasteiger partial charge in [0.15, 0.2) is 0 Å². The lowest BCUT2D eigenvalue weighted by molar-refractivity contribution is -0.121. The van der Waals surface area contributed by atoms with E-state index in [2.05, 4.69) is 23.8 Å². The van der Waals surface area contributed by atoms with Gasteiger partial charge in [-0.2, -0.15) is 11.8 Å². The Morgan fingerprint density at radius 3 is 2.81 bits per heavy atom. The van der Waals surface area contributed by atoms with Crippen LogP contribution >= 0.6 is 11.8 Å². The molecule has 1 aliphatic rings. The van der Waals surface area contributed by atoms with Gasteiger partial charge >= 0.3 is 0 Å². The Kier molecular flexibility index (Phi) is 6.84. The Balaban J connectivity index is 2.10. The van der Waals surface area contributed by atoms with Crippen LogP contribution in [0.5, 0.6) is 0 Å². The van der Waals surface area contributed by atoms with Gasteiger partial charge in [0.05, 0.1) is 6.54 Å². The van der Waals surface area contributed by atoms with Crippen molar-refractivity contribution in [2.24, 2.45) is 0 Å². The molecule has 0 radical (unpaired) electrons. The zero-order valence-corrected chi connectivity index (χ0v) is 10.9. The van der Waals surface area contributed by atoms with Crippen LogP contribution in [0.15, 0.2) is 0 Å². The van der Waals surface area contributed by atoms with Crippen molar-refractivity contribution in [3.63, 3.8) is 0 Å². The van der Waals surface area contributed by atoms with Gasteiger partial charge in [-0.25, -0.2) is 0 Å². The van der Waals surface area contributed by atoms with E-state index in [9.17, 15) is 4.79 Å². The van der Waals surface area contributed by atoms with Crippen molar-refractivity contribution in [3.8, 4) is 0 Å². The van der Waals surface area contributed by atoms with E-state index in [1.807, 2.05) is 0 Å². The number of ether oxygens (including phenoxy) is 1. The second-order valence-electron chi connectivity index (χ2n) is 4.19. The van der Waals surface area contributed by atoms with Gasteiger partial charge in [0.1, 0.15) is 0 Å². The van der Waals surface area contributed by atoms with Crippen LogP contribution in [0.4, 0.5) is 0 Å². The molecular formula is C11H22N2O2S. The molecule has 1 unspecified atom stereocenters. The van der Waals surface area contributed by atoms with Crippen molar-refractivity contribution in [1.82, 2.24) is 10.6 Å². The lowest BCUT2D eigenvalue weighted by atomic mass is 10.1. The highest BCUT2D eigenvalue weighted by molar-refractivity contribution is 7.98. The van der Waals surface area contributed by atoms with Crippen LogP contribution in [0.2, 0.25) is 0 Å². The number of hydrogen-bond donors (Lipinski definition) is 2. The van der Waals surface area contributed by atoms with E-state index in [0.29, 0.717) is 18.6 Å². The van der Waals surface area contributed by atoms with Gasteiger partial charge in [-0.15, -0.1) is 0 Å². The number of amides is 1. The molecule has 16 heavy (non-hydrogen) atoms. The van der Waals surface area contributed by atoms with Crippen molar-refractivity contribution < 1.29 is 9.53 Å². The van der Waals surface area contributed by atoms with Crippen LogP contribution in [-0.4, -0.2) is 49.8 Å². The zero-order chi connectivity index (χ0) is 11.8. The summed E-state index contributed by atoms with van der Waals surface area (Å²) in [5.41, 5.74) is 0. The fraction of sp³-hybridized carbons (Fsp3) is 0.909. The van der Waals surface area contributed by atoms with Gasteiger partial charge in [0.25, 0.3) is 0 Å². The summed E-state index contributed by atoms with van der Waals surface area (Å²) in [6.45, 7) is 4.04. The summed E-state index contributed by atoms with van der Waals surface area (Å²) >= 11 is 1.79. The molecule has 0 bridgehead atoms. The van der Waals surface area contributed by atoms with Crippen LogP contribution in [-0.2, 0) is 9.53 Å². The van der Waals surface area contributed by atoms with Crippen LogP contribution in [0.3, 0.4) is 0 Å². The second kappa shape index (κ2) is 7.92. The minimum Gasteiger partial charge on any atom is -0.381 e. The molecule has 4 nitrogen and oxygen atoms in total. The summed E-state index contributed by atoms with van der Waals surface area (Å²) in [5, 5.41) is 6.24. The lowest BCUT2D eigenvalue weighted by Gasteiger charge is -2.23. The fourth-order valence-electron chi connectivity index (χ4n) is 1.70. The molecule has 1 amide bonds. The van der Waals surface area contributed by atoms with Crippen molar-refractivity contribution in [1.29, 1.82) is 0 Å². The molecule has 1 fully saturated rings. The number of hydrogen-bond acceptors (Lipinski definition) is 4. The highest BCUT2D eigenvalue weighted by atomic mass is 32.2. The van der Waals surface area contributed by atoms with Gasteiger partial charge in [-0.05, 0) is 26.0 Å². The van der Waals surface area contributed by atoms with Gasteiger partial charge in [0, 0.05) is 31.1 Å². The van der Waals surface area contributed by atoms with Crippen molar-refractivity contribution in [3.05, 3.63) is 0 Å². The summed E-state index contributed by atoms with van der Waals surface area (Å²) in [4.78, 5) is 11.6. The molecule has 1 rings (SSSR count). The first-order valence-corrected chi connectivity index (χ1v) is 7.21. The van der Waals surface area contributed by atoms with Crippen molar-refractivity contribution in [2.75, 3.05) is 31.8 Å². The van der Waals surface area contributed by atoms with Crippen LogP contribution < -0.4 is 10.6 Å². The molecule has 5 heteroatoms. The molecule has 2 N–H and O–H groups in total. The van der Waals surface area contributed by atoms with Gasteiger partial charge in [-0.1, -0.05) is 0 Å². The summed E-state index contributed by atoms with van der Waals surface area (Å²) < 4.78 is 5.24. The zero-order valence-electron chi connectivity index (χ0n) is 10.1. The van der Waals surface area contributed by atoms with Gasteiger partial charge in [0.2, 0.25) is 5.91 Å². The van der Waals surface area contributed by atoms with Crippen molar-refractivity contribution in [2.45, 2.75) is 31.8 Å².